The Morgan fingerprint density at radius 3 is 2.67 bits per heavy atom. The standard InChI is InChI=1S/C10H17NO/c1-3-9(12)11-8-10(4-2)6-5-7-10/h3H,1,4-8H2,2H3,(H,11,12). The van der Waals surface area contributed by atoms with Crippen LogP contribution >= 0.6 is 0 Å². The Labute approximate surface area is 74.0 Å². The predicted octanol–water partition coefficient (Wildman–Crippen LogP) is 1.87. The van der Waals surface area contributed by atoms with Gasteiger partial charge in [-0.25, -0.2) is 0 Å². The maximum Gasteiger partial charge on any atom is 0.243 e. The van der Waals surface area contributed by atoms with Gasteiger partial charge in [-0.2, -0.15) is 0 Å². The Balaban J connectivity index is 2.29. The summed E-state index contributed by atoms with van der Waals surface area (Å²) in [6, 6.07) is 0. The van der Waals surface area contributed by atoms with Crippen LogP contribution in [0.1, 0.15) is 32.6 Å². The summed E-state index contributed by atoms with van der Waals surface area (Å²) in [5.41, 5.74) is 0.415. The third-order valence-electron chi connectivity index (χ3n) is 2.99. The molecule has 0 heterocycles. The zero-order valence-electron chi connectivity index (χ0n) is 7.73. The second-order valence-electron chi connectivity index (χ2n) is 3.63. The Kier molecular flexibility index (Phi) is 2.90. The van der Waals surface area contributed by atoms with E-state index in [-0.39, 0.29) is 5.91 Å². The van der Waals surface area contributed by atoms with Crippen LogP contribution in [-0.4, -0.2) is 12.5 Å². The predicted molar refractivity (Wildman–Crippen MR) is 49.8 cm³/mol. The van der Waals surface area contributed by atoms with Crippen molar-refractivity contribution in [2.24, 2.45) is 5.41 Å². The van der Waals surface area contributed by atoms with Crippen LogP contribution in [0, 0.1) is 5.41 Å². The third kappa shape index (κ3) is 1.87. The van der Waals surface area contributed by atoms with Crippen molar-refractivity contribution in [3.05, 3.63) is 12.7 Å². The molecule has 1 saturated carbocycles. The molecule has 1 rings (SSSR count). The lowest BCUT2D eigenvalue weighted by Gasteiger charge is -2.41. The molecule has 1 fully saturated rings. The van der Waals surface area contributed by atoms with Crippen LogP contribution in [0.3, 0.4) is 0 Å². The second-order valence-corrected chi connectivity index (χ2v) is 3.63. The minimum absolute atomic E-state index is 0.0466. The summed E-state index contributed by atoms with van der Waals surface area (Å²) in [7, 11) is 0. The lowest BCUT2D eigenvalue weighted by atomic mass is 9.67. The number of carbonyl (C=O) groups excluding carboxylic acids is 1. The van der Waals surface area contributed by atoms with Crippen molar-refractivity contribution in [2.75, 3.05) is 6.54 Å². The van der Waals surface area contributed by atoms with Gasteiger partial charge in [0.1, 0.15) is 0 Å². The van der Waals surface area contributed by atoms with Crippen molar-refractivity contribution in [2.45, 2.75) is 32.6 Å². The minimum atomic E-state index is -0.0466. The molecule has 2 nitrogen and oxygen atoms in total. The van der Waals surface area contributed by atoms with E-state index in [1.54, 1.807) is 0 Å². The van der Waals surface area contributed by atoms with Crippen molar-refractivity contribution < 1.29 is 4.79 Å². The minimum Gasteiger partial charge on any atom is -0.352 e. The van der Waals surface area contributed by atoms with Gasteiger partial charge in [0.05, 0.1) is 0 Å². The van der Waals surface area contributed by atoms with Crippen LogP contribution in [0.5, 0.6) is 0 Å². The van der Waals surface area contributed by atoms with Gasteiger partial charge in [-0.15, -0.1) is 0 Å². The van der Waals surface area contributed by atoms with Gasteiger partial charge in [0.2, 0.25) is 5.91 Å². The molecule has 1 N–H and O–H groups in total. The number of carbonyl (C=O) groups is 1. The first-order chi connectivity index (χ1) is 5.72. The topological polar surface area (TPSA) is 29.1 Å². The van der Waals surface area contributed by atoms with Crippen LogP contribution in [0.15, 0.2) is 12.7 Å². The fraction of sp³-hybridized carbons (Fsp3) is 0.700. The van der Waals surface area contributed by atoms with E-state index in [1.165, 1.54) is 31.8 Å². The highest BCUT2D eigenvalue weighted by atomic mass is 16.1. The van der Waals surface area contributed by atoms with Crippen LogP contribution in [0.25, 0.3) is 0 Å². The molecule has 68 valence electrons. The number of nitrogens with one attached hydrogen (secondary N) is 1. The average molecular weight is 167 g/mol. The molecular formula is C10H17NO. The molecule has 1 aliphatic carbocycles. The first-order valence-corrected chi connectivity index (χ1v) is 4.63. The molecule has 0 saturated heterocycles. The van der Waals surface area contributed by atoms with Gasteiger partial charge in [0.25, 0.3) is 0 Å². The van der Waals surface area contributed by atoms with E-state index in [0.717, 1.165) is 6.54 Å². The number of hydrogen-bond acceptors (Lipinski definition) is 1. The smallest absolute Gasteiger partial charge is 0.243 e. The summed E-state index contributed by atoms with van der Waals surface area (Å²) in [5, 5.41) is 2.87. The van der Waals surface area contributed by atoms with E-state index in [2.05, 4.69) is 18.8 Å². The zero-order valence-corrected chi connectivity index (χ0v) is 7.73. The van der Waals surface area contributed by atoms with E-state index in [4.69, 9.17) is 0 Å². The van der Waals surface area contributed by atoms with Crippen LogP contribution in [-0.2, 0) is 4.79 Å². The summed E-state index contributed by atoms with van der Waals surface area (Å²) in [4.78, 5) is 10.9. The molecule has 0 radical (unpaired) electrons. The highest BCUT2D eigenvalue weighted by molar-refractivity contribution is 5.86. The summed E-state index contributed by atoms with van der Waals surface area (Å²) in [6.45, 7) is 6.44. The van der Waals surface area contributed by atoms with Crippen LogP contribution < -0.4 is 5.32 Å². The molecule has 0 spiro atoms. The highest BCUT2D eigenvalue weighted by Gasteiger charge is 2.34. The largest absolute Gasteiger partial charge is 0.352 e. The van der Waals surface area contributed by atoms with Crippen LogP contribution in [0.2, 0.25) is 0 Å². The van der Waals surface area contributed by atoms with Crippen molar-refractivity contribution in [1.29, 1.82) is 0 Å². The normalized spacial score (nSPS) is 19.4. The first-order valence-electron chi connectivity index (χ1n) is 4.63. The van der Waals surface area contributed by atoms with E-state index in [9.17, 15) is 4.79 Å². The van der Waals surface area contributed by atoms with E-state index in [1.807, 2.05) is 0 Å². The van der Waals surface area contributed by atoms with Gasteiger partial charge >= 0.3 is 0 Å². The van der Waals surface area contributed by atoms with Gasteiger partial charge < -0.3 is 5.32 Å². The maximum absolute atomic E-state index is 10.9. The van der Waals surface area contributed by atoms with Gasteiger partial charge in [0.15, 0.2) is 0 Å². The lowest BCUT2D eigenvalue weighted by molar-refractivity contribution is -0.117. The molecule has 1 amide bonds. The van der Waals surface area contributed by atoms with Crippen molar-refractivity contribution in [3.8, 4) is 0 Å². The van der Waals surface area contributed by atoms with Gasteiger partial charge in [0, 0.05) is 6.54 Å². The van der Waals surface area contributed by atoms with E-state index >= 15 is 0 Å². The van der Waals surface area contributed by atoms with Gasteiger partial charge in [-0.05, 0) is 30.8 Å². The molecule has 0 aromatic rings. The van der Waals surface area contributed by atoms with Crippen molar-refractivity contribution in [3.63, 3.8) is 0 Å². The summed E-state index contributed by atoms with van der Waals surface area (Å²) < 4.78 is 0. The third-order valence-corrected chi connectivity index (χ3v) is 2.99. The average Bonchev–Trinajstić information content (AvgIpc) is 2.03. The van der Waals surface area contributed by atoms with E-state index in [0.29, 0.717) is 5.41 Å². The summed E-state index contributed by atoms with van der Waals surface area (Å²) in [6.07, 6.45) is 6.35. The monoisotopic (exact) mass is 167 g/mol. The van der Waals surface area contributed by atoms with Crippen molar-refractivity contribution >= 4 is 5.91 Å². The first kappa shape index (κ1) is 9.30. The SMILES string of the molecule is C=CC(=O)NCC1(CC)CCC1. The van der Waals surface area contributed by atoms with Gasteiger partial charge in [-0.1, -0.05) is 19.9 Å². The maximum atomic E-state index is 10.9. The molecule has 2 heteroatoms. The molecule has 0 aliphatic heterocycles. The molecular weight excluding hydrogens is 150 g/mol. The molecule has 0 aromatic heterocycles. The Morgan fingerprint density at radius 2 is 2.33 bits per heavy atom. The molecule has 0 bridgehead atoms. The lowest BCUT2D eigenvalue weighted by Crippen LogP contribution is -2.41. The van der Waals surface area contributed by atoms with E-state index < -0.39 is 0 Å². The summed E-state index contributed by atoms with van der Waals surface area (Å²) in [5.74, 6) is -0.0466. The van der Waals surface area contributed by atoms with Crippen molar-refractivity contribution in [1.82, 2.24) is 5.32 Å². The van der Waals surface area contributed by atoms with Crippen LogP contribution in [0.4, 0.5) is 0 Å². The molecule has 1 aliphatic rings. The number of rotatable bonds is 4. The fourth-order valence-electron chi connectivity index (χ4n) is 1.68. The Morgan fingerprint density at radius 1 is 1.67 bits per heavy atom. The molecule has 0 unspecified atom stereocenters. The Hall–Kier alpha value is -0.790. The number of amides is 1. The number of hydrogen-bond donors (Lipinski definition) is 1. The second kappa shape index (κ2) is 3.74. The molecule has 12 heavy (non-hydrogen) atoms. The molecule has 0 atom stereocenters. The quantitative estimate of drug-likeness (QED) is 0.636. The van der Waals surface area contributed by atoms with Gasteiger partial charge in [-0.3, -0.25) is 4.79 Å². The fourth-order valence-corrected chi connectivity index (χ4v) is 1.68. The molecule has 0 aromatic carbocycles. The Bertz CT molecular complexity index is 177. The highest BCUT2D eigenvalue weighted by Crippen LogP contribution is 2.42. The summed E-state index contributed by atoms with van der Waals surface area (Å²) >= 11 is 0. The zero-order chi connectivity index (χ0) is 9.03.